The van der Waals surface area contributed by atoms with Crippen LogP contribution < -0.4 is 9.47 Å². The number of hydrogen-bond donors (Lipinski definition) is 1. The van der Waals surface area contributed by atoms with Gasteiger partial charge in [-0.05, 0) is 55.2 Å². The largest absolute Gasteiger partial charge is 0.507 e. The van der Waals surface area contributed by atoms with Gasteiger partial charge in [0.25, 0.3) is 0 Å². The fourth-order valence-electron chi connectivity index (χ4n) is 3.19. The lowest BCUT2D eigenvalue weighted by Gasteiger charge is -2.21. The molecule has 0 radical (unpaired) electrons. The number of aromatic hydroxyl groups is 1. The highest BCUT2D eigenvalue weighted by Gasteiger charge is 2.15. The molecule has 1 heterocycles. The number of hydrogen-bond acceptors (Lipinski definition) is 6. The molecule has 0 bridgehead atoms. The zero-order valence-electron chi connectivity index (χ0n) is 18.0. The molecule has 1 aromatic heterocycles. The lowest BCUT2D eigenvalue weighted by molar-refractivity contribution is 0.165. The van der Waals surface area contributed by atoms with Crippen LogP contribution in [0.4, 0.5) is 0 Å². The van der Waals surface area contributed by atoms with Crippen LogP contribution in [0, 0.1) is 5.92 Å². The number of nitrogens with zero attached hydrogens (tertiary/aromatic N) is 3. The maximum absolute atomic E-state index is 10.6. The number of phenols is 1. The number of benzene rings is 2. The van der Waals surface area contributed by atoms with Crippen molar-refractivity contribution in [1.29, 1.82) is 0 Å². The van der Waals surface area contributed by atoms with Gasteiger partial charge in [-0.25, -0.2) is 15.0 Å². The van der Waals surface area contributed by atoms with E-state index in [4.69, 9.17) is 9.47 Å². The van der Waals surface area contributed by atoms with Gasteiger partial charge in [-0.1, -0.05) is 27.2 Å². The summed E-state index contributed by atoms with van der Waals surface area (Å²) in [4.78, 5) is 13.0. The SMILES string of the molecule is CCC(C)CC(CC)Oc1ccc(-c2ncnc(-c3ccc(OC)cc3)n2)c(O)c1. The van der Waals surface area contributed by atoms with E-state index in [9.17, 15) is 5.11 Å². The van der Waals surface area contributed by atoms with Gasteiger partial charge < -0.3 is 14.6 Å². The smallest absolute Gasteiger partial charge is 0.167 e. The summed E-state index contributed by atoms with van der Waals surface area (Å²) < 4.78 is 11.3. The van der Waals surface area contributed by atoms with Crippen molar-refractivity contribution in [3.05, 3.63) is 48.8 Å². The number of ether oxygens (including phenoxy) is 2. The Kier molecular flexibility index (Phi) is 7.22. The Morgan fingerprint density at radius 3 is 2.27 bits per heavy atom. The van der Waals surface area contributed by atoms with Crippen molar-refractivity contribution in [1.82, 2.24) is 15.0 Å². The highest BCUT2D eigenvalue weighted by Crippen LogP contribution is 2.32. The molecule has 6 heteroatoms. The fourth-order valence-corrected chi connectivity index (χ4v) is 3.19. The van der Waals surface area contributed by atoms with Gasteiger partial charge in [-0.3, -0.25) is 0 Å². The Morgan fingerprint density at radius 1 is 0.933 bits per heavy atom. The van der Waals surface area contributed by atoms with Crippen LogP contribution in [0.25, 0.3) is 22.8 Å². The van der Waals surface area contributed by atoms with Gasteiger partial charge >= 0.3 is 0 Å². The van der Waals surface area contributed by atoms with E-state index in [0.29, 0.717) is 28.9 Å². The third kappa shape index (κ3) is 5.26. The molecule has 0 saturated heterocycles. The van der Waals surface area contributed by atoms with E-state index in [1.165, 1.54) is 6.33 Å². The van der Waals surface area contributed by atoms with E-state index in [2.05, 4.69) is 35.7 Å². The summed E-state index contributed by atoms with van der Waals surface area (Å²) in [6.07, 6.45) is 4.62. The first kappa shape index (κ1) is 21.6. The summed E-state index contributed by atoms with van der Waals surface area (Å²) in [5, 5.41) is 10.6. The molecule has 6 nitrogen and oxygen atoms in total. The Labute approximate surface area is 178 Å². The predicted molar refractivity (Wildman–Crippen MR) is 118 cm³/mol. The molecule has 0 fully saturated rings. The van der Waals surface area contributed by atoms with E-state index in [1.54, 1.807) is 19.2 Å². The summed E-state index contributed by atoms with van der Waals surface area (Å²) in [5.41, 5.74) is 1.38. The zero-order chi connectivity index (χ0) is 21.5. The van der Waals surface area contributed by atoms with Crippen LogP contribution in [0.1, 0.15) is 40.0 Å². The van der Waals surface area contributed by atoms with Gasteiger partial charge in [-0.15, -0.1) is 0 Å². The Morgan fingerprint density at radius 2 is 1.63 bits per heavy atom. The standard InChI is InChI=1S/C24H29N3O3/c1-5-16(3)13-18(6-2)30-20-11-12-21(22(28)14-20)24-26-15-25-23(27-24)17-7-9-19(29-4)10-8-17/h7-12,14-16,18,28H,5-6,13H2,1-4H3. The Hall–Kier alpha value is -3.15. The molecule has 3 aromatic rings. The normalized spacial score (nSPS) is 12.9. The van der Waals surface area contributed by atoms with Crippen molar-refractivity contribution in [3.8, 4) is 40.0 Å². The number of aromatic nitrogens is 3. The molecule has 0 amide bonds. The van der Waals surface area contributed by atoms with Crippen LogP contribution >= 0.6 is 0 Å². The van der Waals surface area contributed by atoms with Crippen LogP contribution in [0.2, 0.25) is 0 Å². The minimum absolute atomic E-state index is 0.0813. The van der Waals surface area contributed by atoms with E-state index in [-0.39, 0.29) is 11.9 Å². The lowest BCUT2D eigenvalue weighted by Crippen LogP contribution is -2.18. The summed E-state index contributed by atoms with van der Waals surface area (Å²) >= 11 is 0. The van der Waals surface area contributed by atoms with Crippen molar-refractivity contribution in [3.63, 3.8) is 0 Å². The van der Waals surface area contributed by atoms with Gasteiger partial charge in [0, 0.05) is 11.6 Å². The van der Waals surface area contributed by atoms with Gasteiger partial charge in [0.05, 0.1) is 18.8 Å². The maximum atomic E-state index is 10.6. The van der Waals surface area contributed by atoms with Crippen LogP contribution in [0.15, 0.2) is 48.8 Å². The average molecular weight is 408 g/mol. The molecule has 30 heavy (non-hydrogen) atoms. The molecule has 0 saturated carbocycles. The molecule has 3 rings (SSSR count). The van der Waals surface area contributed by atoms with Crippen LogP contribution in [0.5, 0.6) is 17.2 Å². The lowest BCUT2D eigenvalue weighted by atomic mass is 9.99. The molecular weight excluding hydrogens is 378 g/mol. The van der Waals surface area contributed by atoms with Crippen molar-refractivity contribution in [2.24, 2.45) is 5.92 Å². The predicted octanol–water partition coefficient (Wildman–Crippen LogP) is 5.51. The summed E-state index contributed by atoms with van der Waals surface area (Å²) in [6, 6.07) is 12.7. The second kappa shape index (κ2) is 10.1. The molecule has 2 aromatic carbocycles. The Bertz CT molecular complexity index is 960. The average Bonchev–Trinajstić information content (AvgIpc) is 2.78. The van der Waals surface area contributed by atoms with E-state index >= 15 is 0 Å². The zero-order valence-corrected chi connectivity index (χ0v) is 18.0. The van der Waals surface area contributed by atoms with Crippen molar-refractivity contribution in [2.75, 3.05) is 7.11 Å². The van der Waals surface area contributed by atoms with E-state index < -0.39 is 0 Å². The maximum Gasteiger partial charge on any atom is 0.167 e. The first-order valence-electron chi connectivity index (χ1n) is 10.4. The minimum Gasteiger partial charge on any atom is -0.507 e. The van der Waals surface area contributed by atoms with Crippen LogP contribution in [-0.2, 0) is 0 Å². The summed E-state index contributed by atoms with van der Waals surface area (Å²) in [5.74, 6) is 3.03. The van der Waals surface area contributed by atoms with Crippen molar-refractivity contribution < 1.29 is 14.6 Å². The monoisotopic (exact) mass is 407 g/mol. The molecule has 0 aliphatic carbocycles. The quantitative estimate of drug-likeness (QED) is 0.504. The minimum atomic E-state index is 0.0813. The molecule has 158 valence electrons. The van der Waals surface area contributed by atoms with Gasteiger partial charge in [0.2, 0.25) is 0 Å². The highest BCUT2D eigenvalue weighted by atomic mass is 16.5. The highest BCUT2D eigenvalue weighted by molar-refractivity contribution is 5.67. The third-order valence-electron chi connectivity index (χ3n) is 5.25. The van der Waals surface area contributed by atoms with Gasteiger partial charge in [0.1, 0.15) is 23.6 Å². The van der Waals surface area contributed by atoms with E-state index in [1.807, 2.05) is 30.3 Å². The number of rotatable bonds is 9. The van der Waals surface area contributed by atoms with Crippen molar-refractivity contribution in [2.45, 2.75) is 46.1 Å². The molecule has 2 atom stereocenters. The third-order valence-corrected chi connectivity index (χ3v) is 5.25. The molecular formula is C24H29N3O3. The summed E-state index contributed by atoms with van der Waals surface area (Å²) in [7, 11) is 1.62. The second-order valence-electron chi connectivity index (χ2n) is 7.44. The van der Waals surface area contributed by atoms with Crippen LogP contribution in [-0.4, -0.2) is 33.3 Å². The first-order chi connectivity index (χ1) is 14.5. The fraction of sp³-hybridized carbons (Fsp3) is 0.375. The molecule has 0 spiro atoms. The van der Waals surface area contributed by atoms with E-state index in [0.717, 1.165) is 30.6 Å². The molecule has 2 unspecified atom stereocenters. The Balaban J connectivity index is 1.81. The first-order valence-corrected chi connectivity index (χ1v) is 10.4. The number of phenolic OH excluding ortho intramolecular Hbond substituents is 1. The summed E-state index contributed by atoms with van der Waals surface area (Å²) in [6.45, 7) is 6.54. The molecule has 0 aliphatic rings. The molecule has 0 aliphatic heterocycles. The van der Waals surface area contributed by atoms with Crippen molar-refractivity contribution >= 4 is 0 Å². The van der Waals surface area contributed by atoms with Gasteiger partial charge in [0.15, 0.2) is 11.6 Å². The molecule has 1 N–H and O–H groups in total. The topological polar surface area (TPSA) is 77.4 Å². The van der Waals surface area contributed by atoms with Gasteiger partial charge in [-0.2, -0.15) is 0 Å². The second-order valence-corrected chi connectivity index (χ2v) is 7.44. The number of methoxy groups -OCH3 is 1. The van der Waals surface area contributed by atoms with Crippen LogP contribution in [0.3, 0.4) is 0 Å².